The maximum absolute atomic E-state index is 2.66. The highest BCUT2D eigenvalue weighted by molar-refractivity contribution is 6.09. The van der Waals surface area contributed by atoms with E-state index in [4.69, 9.17) is 0 Å². The number of para-hydroxylation sites is 2. The van der Waals surface area contributed by atoms with Gasteiger partial charge in [-0.2, -0.15) is 0 Å². The molecule has 7 aliphatic carbocycles. The number of benzene rings is 7. The van der Waals surface area contributed by atoms with Gasteiger partial charge in [-0.3, -0.25) is 0 Å². The van der Waals surface area contributed by atoms with Crippen LogP contribution in [0.4, 0.5) is 17.1 Å². The molecule has 58 heavy (non-hydrogen) atoms. The summed E-state index contributed by atoms with van der Waals surface area (Å²) in [5.41, 5.74) is 19.8. The molecule has 0 radical (unpaired) electrons. The fourth-order valence-corrected chi connectivity index (χ4v) is 14.4. The molecule has 7 aliphatic rings. The van der Waals surface area contributed by atoms with Crippen molar-refractivity contribution in [2.45, 2.75) is 62.2 Å². The van der Waals surface area contributed by atoms with E-state index in [0.29, 0.717) is 0 Å². The molecule has 2 spiro atoms. The zero-order valence-electron chi connectivity index (χ0n) is 32.9. The minimum Gasteiger partial charge on any atom is -0.310 e. The Balaban J connectivity index is 0.972. The summed E-state index contributed by atoms with van der Waals surface area (Å²) in [6.45, 7) is 0. The maximum atomic E-state index is 2.66. The maximum Gasteiger partial charge on any atom is 0.0541 e. The minimum atomic E-state index is 0.111. The Hall–Kier alpha value is -5.86. The Labute approximate surface area is 340 Å². The van der Waals surface area contributed by atoms with Crippen LogP contribution in [-0.4, -0.2) is 4.57 Å². The first-order chi connectivity index (χ1) is 28.7. The molecule has 2 heteroatoms. The second kappa shape index (κ2) is 11.4. The lowest BCUT2D eigenvalue weighted by Gasteiger charge is -2.67. The van der Waals surface area contributed by atoms with Gasteiger partial charge in [0.2, 0.25) is 0 Å². The summed E-state index contributed by atoms with van der Waals surface area (Å²) < 4.78 is 2.44. The monoisotopic (exact) mass is 746 g/mol. The third-order valence-corrected chi connectivity index (χ3v) is 16.6. The normalized spacial score (nSPS) is 24.9. The van der Waals surface area contributed by atoms with Gasteiger partial charge in [-0.25, -0.2) is 0 Å². The number of nitrogens with zero attached hydrogens (tertiary/aromatic N) is 2. The predicted molar refractivity (Wildman–Crippen MR) is 239 cm³/mol. The number of fused-ring (bicyclic) bond motifs is 12. The van der Waals surface area contributed by atoms with Crippen molar-refractivity contribution in [3.8, 4) is 27.9 Å². The molecule has 15 rings (SSSR count). The second-order valence-electron chi connectivity index (χ2n) is 18.7. The number of anilines is 3. The Morgan fingerprint density at radius 1 is 0.483 bits per heavy atom. The van der Waals surface area contributed by atoms with Crippen LogP contribution in [-0.2, 0) is 10.8 Å². The number of hydrogen-bond donors (Lipinski definition) is 0. The van der Waals surface area contributed by atoms with Crippen molar-refractivity contribution in [3.63, 3.8) is 0 Å². The van der Waals surface area contributed by atoms with Gasteiger partial charge >= 0.3 is 0 Å². The van der Waals surface area contributed by atoms with Crippen LogP contribution in [0.5, 0.6) is 0 Å². The van der Waals surface area contributed by atoms with Gasteiger partial charge < -0.3 is 9.47 Å². The highest BCUT2D eigenvalue weighted by Gasteiger charge is 2.67. The molecule has 5 fully saturated rings. The van der Waals surface area contributed by atoms with Gasteiger partial charge in [-0.1, -0.05) is 110 Å². The Bertz CT molecular complexity index is 2950. The third kappa shape index (κ3) is 3.90. The van der Waals surface area contributed by atoms with E-state index in [1.807, 2.05) is 0 Å². The molecule has 7 aromatic carbocycles. The van der Waals surface area contributed by atoms with Crippen molar-refractivity contribution in [1.29, 1.82) is 0 Å². The Morgan fingerprint density at radius 3 is 1.72 bits per heavy atom. The van der Waals surface area contributed by atoms with Crippen molar-refractivity contribution in [2.75, 3.05) is 4.90 Å². The fourth-order valence-electron chi connectivity index (χ4n) is 14.4. The van der Waals surface area contributed by atoms with Gasteiger partial charge in [0.25, 0.3) is 0 Å². The van der Waals surface area contributed by atoms with Crippen molar-refractivity contribution < 1.29 is 0 Å². The summed E-state index contributed by atoms with van der Waals surface area (Å²) in [5, 5.41) is 2.59. The molecular weight excluding hydrogens is 701 g/mol. The summed E-state index contributed by atoms with van der Waals surface area (Å²) in [7, 11) is 0. The van der Waals surface area contributed by atoms with Gasteiger partial charge in [0.15, 0.2) is 0 Å². The van der Waals surface area contributed by atoms with Gasteiger partial charge in [-0.05, 0) is 167 Å². The lowest BCUT2D eigenvalue weighted by Crippen LogP contribution is -2.62. The van der Waals surface area contributed by atoms with E-state index in [1.165, 1.54) is 124 Å². The smallest absolute Gasteiger partial charge is 0.0541 e. The van der Waals surface area contributed by atoms with Gasteiger partial charge in [-0.15, -0.1) is 0 Å². The number of aromatic nitrogens is 1. The standard InChI is InChI=1S/C56H46N2/c1-5-15-48-42(11-1)44-27-24-39(33-50(44)55(48)29-9-10-30-55)57(37-20-22-38(23-21-37)58-53-17-7-3-13-46(53)47-14-4-8-18-54(47)58)40-25-28-45-43-12-2-6-16-49(43)56(52(45)34-40)36-19-26-41-35(31-36)32-51(41)56/h1-8,11-18,20-25,27-28,33-36,41,51H,9-10,19,26,29-32H2. The van der Waals surface area contributed by atoms with Crippen molar-refractivity contribution in [3.05, 3.63) is 180 Å². The molecule has 2 nitrogen and oxygen atoms in total. The molecular formula is C56H46N2. The summed E-state index contributed by atoms with van der Waals surface area (Å²) in [6, 6.07) is 61.0. The minimum absolute atomic E-state index is 0.111. The largest absolute Gasteiger partial charge is 0.310 e. The number of rotatable bonds is 4. The molecule has 5 unspecified atom stereocenters. The zero-order chi connectivity index (χ0) is 37.7. The van der Waals surface area contributed by atoms with E-state index in [0.717, 1.165) is 23.7 Å². The van der Waals surface area contributed by atoms with E-state index in [2.05, 4.69) is 167 Å². The van der Waals surface area contributed by atoms with Crippen molar-refractivity contribution >= 4 is 38.9 Å². The lowest BCUT2D eigenvalue weighted by molar-refractivity contribution is -0.123. The third-order valence-electron chi connectivity index (χ3n) is 16.6. The van der Waals surface area contributed by atoms with Crippen LogP contribution in [0.3, 0.4) is 0 Å². The molecule has 0 N–H and O–H groups in total. The highest BCUT2D eigenvalue weighted by Crippen LogP contribution is 2.74. The van der Waals surface area contributed by atoms with E-state index in [9.17, 15) is 0 Å². The fraction of sp³-hybridized carbons (Fsp3) is 0.250. The van der Waals surface area contributed by atoms with Crippen molar-refractivity contribution in [1.82, 2.24) is 4.57 Å². The van der Waals surface area contributed by atoms with Crippen LogP contribution in [0.1, 0.15) is 73.6 Å². The highest BCUT2D eigenvalue weighted by atomic mass is 15.1. The van der Waals surface area contributed by atoms with Crippen LogP contribution in [0.2, 0.25) is 0 Å². The van der Waals surface area contributed by atoms with Crippen LogP contribution in [0.15, 0.2) is 158 Å². The van der Waals surface area contributed by atoms with Gasteiger partial charge in [0.1, 0.15) is 0 Å². The van der Waals surface area contributed by atoms with E-state index >= 15 is 0 Å². The average Bonchev–Trinajstić information content (AvgIpc) is 4.03. The molecule has 1 aromatic heterocycles. The second-order valence-corrected chi connectivity index (χ2v) is 18.7. The summed E-state index contributed by atoms with van der Waals surface area (Å²) in [6.07, 6.45) is 10.7. The first kappa shape index (κ1) is 32.1. The molecule has 5 saturated carbocycles. The van der Waals surface area contributed by atoms with Crippen LogP contribution in [0, 0.1) is 23.7 Å². The number of hydrogen-bond acceptors (Lipinski definition) is 1. The van der Waals surface area contributed by atoms with Crippen LogP contribution < -0.4 is 4.90 Å². The average molecular weight is 747 g/mol. The van der Waals surface area contributed by atoms with E-state index < -0.39 is 0 Å². The predicted octanol–water partition coefficient (Wildman–Crippen LogP) is 14.4. The van der Waals surface area contributed by atoms with Gasteiger partial charge in [0.05, 0.1) is 11.0 Å². The zero-order valence-corrected chi connectivity index (χ0v) is 32.9. The van der Waals surface area contributed by atoms with E-state index in [-0.39, 0.29) is 10.8 Å². The summed E-state index contributed by atoms with van der Waals surface area (Å²) in [4.78, 5) is 2.60. The van der Waals surface area contributed by atoms with Crippen LogP contribution in [0.25, 0.3) is 49.7 Å². The summed E-state index contributed by atoms with van der Waals surface area (Å²) in [5.74, 6) is 3.34. The molecule has 4 bridgehead atoms. The topological polar surface area (TPSA) is 8.17 Å². The molecule has 0 amide bonds. The molecule has 5 atom stereocenters. The molecule has 1 heterocycles. The van der Waals surface area contributed by atoms with E-state index in [1.54, 1.807) is 16.7 Å². The molecule has 0 saturated heterocycles. The van der Waals surface area contributed by atoms with Crippen molar-refractivity contribution in [2.24, 2.45) is 23.7 Å². The summed E-state index contributed by atoms with van der Waals surface area (Å²) >= 11 is 0. The first-order valence-electron chi connectivity index (χ1n) is 22.1. The SMILES string of the molecule is c1ccc2c(c1)-c1ccc(N(c3ccc(-n4c5ccccc5c5ccccc54)cc3)c3ccc4c(c3)C3(c5ccccc5-4)C4CCC5C(C4)CC53)cc1C21CCCC1. The quantitative estimate of drug-likeness (QED) is 0.174. The van der Waals surface area contributed by atoms with Crippen LogP contribution >= 0.6 is 0 Å². The Kier molecular flexibility index (Phi) is 6.32. The lowest BCUT2D eigenvalue weighted by atomic mass is 9.36. The molecule has 0 aliphatic heterocycles. The first-order valence-corrected chi connectivity index (χ1v) is 22.1. The molecule has 280 valence electrons. The Morgan fingerprint density at radius 2 is 1.05 bits per heavy atom. The molecule has 8 aromatic rings. The van der Waals surface area contributed by atoms with Gasteiger partial charge in [0, 0.05) is 44.4 Å².